The van der Waals surface area contributed by atoms with Crippen LogP contribution in [0.3, 0.4) is 0 Å². The summed E-state index contributed by atoms with van der Waals surface area (Å²) in [7, 11) is 3.14. The summed E-state index contributed by atoms with van der Waals surface area (Å²) in [5.74, 6) is -0.547. The van der Waals surface area contributed by atoms with Gasteiger partial charge >= 0.3 is 5.97 Å². The Morgan fingerprint density at radius 2 is 1.65 bits per heavy atom. The van der Waals surface area contributed by atoms with Crippen molar-refractivity contribution < 1.29 is 23.8 Å². The molecule has 3 aromatic rings. The molecule has 1 atom stereocenters. The Bertz CT molecular complexity index is 1030. The van der Waals surface area contributed by atoms with Gasteiger partial charge in [0.05, 0.1) is 25.0 Å². The lowest BCUT2D eigenvalue weighted by Crippen LogP contribution is -2.26. The van der Waals surface area contributed by atoms with Gasteiger partial charge in [-0.1, -0.05) is 48.5 Å². The maximum absolute atomic E-state index is 13.1. The van der Waals surface area contributed by atoms with E-state index in [2.05, 4.69) is 5.32 Å². The molecule has 0 aromatic heterocycles. The fraction of sp³-hybridized carbons (Fsp3) is 0.200. The van der Waals surface area contributed by atoms with Gasteiger partial charge in [-0.3, -0.25) is 4.79 Å². The smallest absolute Gasteiger partial charge is 0.339 e. The van der Waals surface area contributed by atoms with Crippen molar-refractivity contribution >= 4 is 17.6 Å². The number of nitrogens with one attached hydrogen (secondary N) is 1. The van der Waals surface area contributed by atoms with Crippen LogP contribution >= 0.6 is 0 Å². The third-order valence-corrected chi connectivity index (χ3v) is 4.68. The number of hydrogen-bond acceptors (Lipinski definition) is 5. The largest absolute Gasteiger partial charge is 0.495 e. The zero-order valence-electron chi connectivity index (χ0n) is 17.8. The Labute approximate surface area is 181 Å². The van der Waals surface area contributed by atoms with Crippen molar-refractivity contribution in [2.75, 3.05) is 19.5 Å². The topological polar surface area (TPSA) is 73.9 Å². The molecule has 1 amide bonds. The van der Waals surface area contributed by atoms with Gasteiger partial charge in [-0.05, 0) is 42.3 Å². The summed E-state index contributed by atoms with van der Waals surface area (Å²) in [4.78, 5) is 25.9. The number of carbonyl (C=O) groups excluding carboxylic acids is 2. The molecular formula is C25H25NO5. The Balaban J connectivity index is 1.84. The van der Waals surface area contributed by atoms with Crippen molar-refractivity contribution in [1.82, 2.24) is 0 Å². The Morgan fingerprint density at radius 1 is 0.935 bits per heavy atom. The van der Waals surface area contributed by atoms with E-state index in [4.69, 9.17) is 14.2 Å². The van der Waals surface area contributed by atoms with Gasteiger partial charge in [-0.25, -0.2) is 4.79 Å². The molecule has 1 N–H and O–H groups in total. The van der Waals surface area contributed by atoms with Crippen LogP contribution in [0, 0.1) is 6.92 Å². The number of aryl methyl sites for hydroxylation is 1. The van der Waals surface area contributed by atoms with Gasteiger partial charge in [0.15, 0.2) is 0 Å². The normalized spacial score (nSPS) is 11.5. The molecule has 6 nitrogen and oxygen atoms in total. The van der Waals surface area contributed by atoms with Gasteiger partial charge in [-0.15, -0.1) is 0 Å². The predicted octanol–water partition coefficient (Wildman–Crippen LogP) is 4.69. The van der Waals surface area contributed by atoms with Crippen LogP contribution in [0.1, 0.15) is 33.2 Å². The summed E-state index contributed by atoms with van der Waals surface area (Å²) < 4.78 is 16.1. The van der Waals surface area contributed by atoms with Crippen LogP contribution in [0.25, 0.3) is 0 Å². The molecule has 6 heteroatoms. The number of methoxy groups -OCH3 is 2. The molecule has 0 saturated heterocycles. The summed E-state index contributed by atoms with van der Waals surface area (Å²) >= 11 is 0. The van der Waals surface area contributed by atoms with Crippen LogP contribution in [0.15, 0.2) is 72.8 Å². The fourth-order valence-electron chi connectivity index (χ4n) is 3.10. The first kappa shape index (κ1) is 22.1. The number of hydrogen-bond donors (Lipinski definition) is 1. The van der Waals surface area contributed by atoms with Crippen molar-refractivity contribution in [3.63, 3.8) is 0 Å². The van der Waals surface area contributed by atoms with Gasteiger partial charge in [0.25, 0.3) is 5.91 Å². The third-order valence-electron chi connectivity index (χ3n) is 4.68. The van der Waals surface area contributed by atoms with E-state index in [1.165, 1.54) is 7.11 Å². The molecule has 0 bridgehead atoms. The number of rotatable bonds is 8. The standard InChI is InChI=1S/C25H25NO5/c1-17-9-14-22(30-3)21(15-17)26-24(27)23(19-7-5-4-6-8-19)31-25(28)20-12-10-18(11-13-20)16-29-2/h4-15,23H,16H2,1-3H3,(H,26,27). The lowest BCUT2D eigenvalue weighted by atomic mass is 10.1. The molecule has 0 aliphatic heterocycles. The maximum atomic E-state index is 13.1. The van der Waals surface area contributed by atoms with E-state index in [0.29, 0.717) is 29.2 Å². The Kier molecular flexibility index (Phi) is 7.40. The number of esters is 1. The maximum Gasteiger partial charge on any atom is 0.339 e. The van der Waals surface area contributed by atoms with E-state index in [-0.39, 0.29) is 0 Å². The summed E-state index contributed by atoms with van der Waals surface area (Å²) in [6.45, 7) is 2.36. The van der Waals surface area contributed by atoms with Gasteiger partial charge < -0.3 is 19.5 Å². The second-order valence-corrected chi connectivity index (χ2v) is 7.02. The highest BCUT2D eigenvalue weighted by atomic mass is 16.5. The quantitative estimate of drug-likeness (QED) is 0.537. The van der Waals surface area contributed by atoms with Crippen molar-refractivity contribution in [2.45, 2.75) is 19.6 Å². The number of ether oxygens (including phenoxy) is 3. The zero-order chi connectivity index (χ0) is 22.2. The minimum atomic E-state index is -1.13. The van der Waals surface area contributed by atoms with Crippen LogP contribution in [-0.2, 0) is 20.9 Å². The molecule has 160 valence electrons. The molecule has 3 aromatic carbocycles. The second kappa shape index (κ2) is 10.4. The van der Waals surface area contributed by atoms with E-state index in [0.717, 1.165) is 11.1 Å². The van der Waals surface area contributed by atoms with E-state index < -0.39 is 18.0 Å². The van der Waals surface area contributed by atoms with Crippen molar-refractivity contribution in [1.29, 1.82) is 0 Å². The first-order valence-corrected chi connectivity index (χ1v) is 9.81. The lowest BCUT2D eigenvalue weighted by molar-refractivity contribution is -0.125. The summed E-state index contributed by atoms with van der Waals surface area (Å²) in [5, 5.41) is 2.83. The zero-order valence-corrected chi connectivity index (χ0v) is 17.8. The Hall–Kier alpha value is -3.64. The molecular weight excluding hydrogens is 394 g/mol. The number of amides is 1. The molecule has 0 saturated carbocycles. The minimum absolute atomic E-state index is 0.349. The SMILES string of the molecule is COCc1ccc(C(=O)OC(C(=O)Nc2cc(C)ccc2OC)c2ccccc2)cc1. The fourth-order valence-corrected chi connectivity index (χ4v) is 3.10. The number of carbonyl (C=O) groups is 2. The molecule has 1 unspecified atom stereocenters. The van der Waals surface area contributed by atoms with Gasteiger partial charge in [0, 0.05) is 12.7 Å². The second-order valence-electron chi connectivity index (χ2n) is 7.02. The van der Waals surface area contributed by atoms with Gasteiger partial charge in [-0.2, -0.15) is 0 Å². The molecule has 0 aliphatic carbocycles. The molecule has 0 spiro atoms. The minimum Gasteiger partial charge on any atom is -0.495 e. The van der Waals surface area contributed by atoms with Crippen LogP contribution in [-0.4, -0.2) is 26.1 Å². The summed E-state index contributed by atoms with van der Waals surface area (Å²) in [6, 6.07) is 21.2. The molecule has 0 fully saturated rings. The Morgan fingerprint density at radius 3 is 2.29 bits per heavy atom. The van der Waals surface area contributed by atoms with Crippen LogP contribution in [0.2, 0.25) is 0 Å². The highest BCUT2D eigenvalue weighted by Gasteiger charge is 2.26. The van der Waals surface area contributed by atoms with Crippen molar-refractivity contribution in [2.24, 2.45) is 0 Å². The number of anilines is 1. The van der Waals surface area contributed by atoms with E-state index in [1.807, 2.05) is 19.1 Å². The van der Waals surface area contributed by atoms with Crippen molar-refractivity contribution in [3.05, 3.63) is 95.1 Å². The van der Waals surface area contributed by atoms with Crippen LogP contribution in [0.4, 0.5) is 5.69 Å². The van der Waals surface area contributed by atoms with E-state index >= 15 is 0 Å². The van der Waals surface area contributed by atoms with Crippen molar-refractivity contribution in [3.8, 4) is 5.75 Å². The summed E-state index contributed by atoms with van der Waals surface area (Å²) in [6.07, 6.45) is -1.13. The highest BCUT2D eigenvalue weighted by Crippen LogP contribution is 2.28. The molecule has 31 heavy (non-hydrogen) atoms. The van der Waals surface area contributed by atoms with Gasteiger partial charge in [0.1, 0.15) is 5.75 Å². The molecule has 0 aliphatic rings. The third kappa shape index (κ3) is 5.71. The average Bonchev–Trinajstić information content (AvgIpc) is 2.78. The molecule has 3 rings (SSSR count). The van der Waals surface area contributed by atoms with Gasteiger partial charge in [0.2, 0.25) is 6.10 Å². The average molecular weight is 419 g/mol. The monoisotopic (exact) mass is 419 g/mol. The van der Waals surface area contributed by atoms with E-state index in [9.17, 15) is 9.59 Å². The lowest BCUT2D eigenvalue weighted by Gasteiger charge is -2.19. The highest BCUT2D eigenvalue weighted by molar-refractivity contribution is 5.99. The van der Waals surface area contributed by atoms with E-state index in [1.54, 1.807) is 67.8 Å². The predicted molar refractivity (Wildman–Crippen MR) is 118 cm³/mol. The van der Waals surface area contributed by atoms with Crippen LogP contribution < -0.4 is 10.1 Å². The summed E-state index contributed by atoms with van der Waals surface area (Å²) in [5.41, 5.74) is 3.31. The molecule has 0 heterocycles. The first-order valence-electron chi connectivity index (χ1n) is 9.81. The number of benzene rings is 3. The molecule has 0 radical (unpaired) electrons. The van der Waals surface area contributed by atoms with Crippen LogP contribution in [0.5, 0.6) is 5.75 Å². The first-order chi connectivity index (χ1) is 15.0.